The summed E-state index contributed by atoms with van der Waals surface area (Å²) in [7, 11) is 0. The van der Waals surface area contributed by atoms with Crippen molar-refractivity contribution < 1.29 is 13.2 Å². The van der Waals surface area contributed by atoms with Crippen LogP contribution >= 0.6 is 23.4 Å². The highest BCUT2D eigenvalue weighted by Crippen LogP contribution is 2.33. The monoisotopic (exact) mass is 427 g/mol. The summed E-state index contributed by atoms with van der Waals surface area (Å²) in [6.07, 6.45) is -2.96. The quantitative estimate of drug-likeness (QED) is 0.382. The van der Waals surface area contributed by atoms with Crippen molar-refractivity contribution in [2.24, 2.45) is 0 Å². The topological polar surface area (TPSA) is 68.0 Å². The van der Waals surface area contributed by atoms with E-state index in [-0.39, 0.29) is 16.4 Å². The number of aromatic nitrogens is 5. The molecule has 3 heterocycles. The van der Waals surface area contributed by atoms with Gasteiger partial charge < -0.3 is 4.98 Å². The molecule has 1 N–H and O–H groups in total. The zero-order chi connectivity index (χ0) is 19.9. The first kappa shape index (κ1) is 18.9. The van der Waals surface area contributed by atoms with Crippen LogP contribution in [-0.4, -0.2) is 29.9 Å². The molecule has 0 atom stereocenters. The minimum absolute atomic E-state index is 0.112. The Morgan fingerprint density at radius 1 is 1.21 bits per heavy atom. The van der Waals surface area contributed by atoms with Crippen molar-refractivity contribution in [3.05, 3.63) is 57.6 Å². The fourth-order valence-electron chi connectivity index (χ4n) is 2.90. The van der Waals surface area contributed by atoms with Gasteiger partial charge in [-0.2, -0.15) is 13.2 Å². The van der Waals surface area contributed by atoms with E-state index < -0.39 is 11.7 Å². The van der Waals surface area contributed by atoms with Gasteiger partial charge in [-0.15, -0.1) is 10.2 Å². The van der Waals surface area contributed by atoms with Crippen molar-refractivity contribution in [3.63, 3.8) is 0 Å². The number of nitrogens with zero attached hydrogens (tertiary/aromatic N) is 4. The summed E-state index contributed by atoms with van der Waals surface area (Å²) in [6, 6.07) is 8.21. The molecule has 0 aliphatic carbocycles. The van der Waals surface area contributed by atoms with Gasteiger partial charge in [0.15, 0.2) is 10.8 Å². The highest BCUT2D eigenvalue weighted by atomic mass is 35.5. The maximum atomic E-state index is 13.0. The molecule has 0 saturated heterocycles. The van der Waals surface area contributed by atoms with Gasteiger partial charge in [-0.05, 0) is 24.6 Å². The number of imidazole rings is 1. The van der Waals surface area contributed by atoms with Crippen LogP contribution in [0.1, 0.15) is 12.0 Å². The molecule has 1 aromatic carbocycles. The van der Waals surface area contributed by atoms with Gasteiger partial charge >= 0.3 is 11.9 Å². The Bertz CT molecular complexity index is 1210. The Balaban J connectivity index is 1.49. The molecule has 0 fully saturated rings. The van der Waals surface area contributed by atoms with Crippen LogP contribution in [0, 0.1) is 0 Å². The number of alkyl halides is 3. The summed E-state index contributed by atoms with van der Waals surface area (Å²) >= 11 is 7.16. The lowest BCUT2D eigenvalue weighted by Crippen LogP contribution is -2.17. The van der Waals surface area contributed by atoms with E-state index in [0.29, 0.717) is 23.9 Å². The molecule has 11 heteroatoms. The first-order valence-corrected chi connectivity index (χ1v) is 9.63. The van der Waals surface area contributed by atoms with Crippen LogP contribution in [0.3, 0.4) is 0 Å². The Hall–Kier alpha value is -2.46. The maximum absolute atomic E-state index is 13.0. The Morgan fingerprint density at radius 3 is 2.79 bits per heavy atom. The number of H-pyrrole nitrogens is 1. The number of benzene rings is 1. The molecule has 0 bridgehead atoms. The molecular formula is C17H13ClF3N5OS. The van der Waals surface area contributed by atoms with E-state index in [0.717, 1.165) is 23.3 Å². The van der Waals surface area contributed by atoms with Gasteiger partial charge in [0.1, 0.15) is 0 Å². The van der Waals surface area contributed by atoms with Crippen LogP contribution in [-0.2, 0) is 12.7 Å². The summed E-state index contributed by atoms with van der Waals surface area (Å²) in [4.78, 5) is 14.8. The molecule has 0 amide bonds. The molecule has 0 aliphatic heterocycles. The van der Waals surface area contributed by atoms with Crippen molar-refractivity contribution in [2.75, 3.05) is 5.75 Å². The second-order valence-electron chi connectivity index (χ2n) is 6.05. The van der Waals surface area contributed by atoms with Crippen LogP contribution in [0.25, 0.3) is 16.7 Å². The smallest absolute Gasteiger partial charge is 0.306 e. The molecule has 0 unspecified atom stereocenters. The standard InChI is InChI=1S/C17H13ClF3N5OS/c18-11-8-10(17(19,20)21)9-26-14(11)23-24-16(26)28-7-3-6-25-13-5-2-1-4-12(13)22-15(25)27/h1-2,4-5,8-9H,3,6-7H2,(H,22,27). The van der Waals surface area contributed by atoms with Gasteiger partial charge in [-0.3, -0.25) is 8.97 Å². The second-order valence-corrected chi connectivity index (χ2v) is 7.52. The van der Waals surface area contributed by atoms with Crippen LogP contribution in [0.2, 0.25) is 5.02 Å². The van der Waals surface area contributed by atoms with Gasteiger partial charge in [0.05, 0.1) is 21.6 Å². The van der Waals surface area contributed by atoms with E-state index in [1.165, 1.54) is 16.2 Å². The van der Waals surface area contributed by atoms with Crippen molar-refractivity contribution >= 4 is 40.0 Å². The highest BCUT2D eigenvalue weighted by Gasteiger charge is 2.32. The molecule has 0 radical (unpaired) electrons. The average Bonchev–Trinajstić information content (AvgIpc) is 3.19. The lowest BCUT2D eigenvalue weighted by Gasteiger charge is -2.08. The summed E-state index contributed by atoms with van der Waals surface area (Å²) in [5, 5.41) is 7.99. The number of halogens is 4. The van der Waals surface area contributed by atoms with Gasteiger partial charge in [-0.1, -0.05) is 35.5 Å². The van der Waals surface area contributed by atoms with Gasteiger partial charge in [0.25, 0.3) is 0 Å². The van der Waals surface area contributed by atoms with Gasteiger partial charge in [-0.25, -0.2) is 4.79 Å². The Labute approximate surface area is 165 Å². The lowest BCUT2D eigenvalue weighted by molar-refractivity contribution is -0.137. The van der Waals surface area contributed by atoms with Crippen molar-refractivity contribution in [2.45, 2.75) is 24.3 Å². The zero-order valence-electron chi connectivity index (χ0n) is 14.2. The molecule has 0 spiro atoms. The molecule has 146 valence electrons. The largest absolute Gasteiger partial charge is 0.417 e. The fourth-order valence-corrected chi connectivity index (χ4v) is 3.98. The number of nitrogens with one attached hydrogen (secondary N) is 1. The third-order valence-electron chi connectivity index (χ3n) is 4.19. The minimum Gasteiger partial charge on any atom is -0.306 e. The third kappa shape index (κ3) is 3.49. The SMILES string of the molecule is O=c1[nH]c2ccccc2n1CCCSc1nnc2c(Cl)cc(C(F)(F)F)cn12. The number of hydrogen-bond donors (Lipinski definition) is 1. The number of para-hydroxylation sites is 2. The Kier molecular flexibility index (Phi) is 4.84. The van der Waals surface area contributed by atoms with Crippen LogP contribution in [0.5, 0.6) is 0 Å². The molecule has 0 saturated carbocycles. The van der Waals surface area contributed by atoms with E-state index in [4.69, 9.17) is 11.6 Å². The number of rotatable bonds is 5. The molecule has 6 nitrogen and oxygen atoms in total. The van der Waals surface area contributed by atoms with E-state index in [2.05, 4.69) is 15.2 Å². The molecule has 28 heavy (non-hydrogen) atoms. The van der Waals surface area contributed by atoms with Crippen LogP contribution in [0.4, 0.5) is 13.2 Å². The van der Waals surface area contributed by atoms with E-state index in [1.807, 2.05) is 24.3 Å². The predicted octanol–water partition coefficient (Wildman–Crippen LogP) is 4.23. The van der Waals surface area contributed by atoms with Crippen molar-refractivity contribution in [3.8, 4) is 0 Å². The summed E-state index contributed by atoms with van der Waals surface area (Å²) in [5.41, 5.74) is 0.688. The summed E-state index contributed by atoms with van der Waals surface area (Å²) in [6.45, 7) is 0.473. The first-order valence-electron chi connectivity index (χ1n) is 8.26. The van der Waals surface area contributed by atoms with Crippen LogP contribution in [0.15, 0.2) is 46.5 Å². The van der Waals surface area contributed by atoms with Crippen molar-refractivity contribution in [1.29, 1.82) is 0 Å². The van der Waals surface area contributed by atoms with Gasteiger partial charge in [0.2, 0.25) is 0 Å². The number of pyridine rings is 1. The van der Waals surface area contributed by atoms with E-state index >= 15 is 0 Å². The predicted molar refractivity (Wildman–Crippen MR) is 101 cm³/mol. The first-order chi connectivity index (χ1) is 13.3. The molecule has 4 aromatic rings. The summed E-state index contributed by atoms with van der Waals surface area (Å²) < 4.78 is 41.9. The molecule has 0 aliphatic rings. The fraction of sp³-hybridized carbons (Fsp3) is 0.235. The van der Waals surface area contributed by atoms with Gasteiger partial charge in [0, 0.05) is 18.5 Å². The summed E-state index contributed by atoms with van der Waals surface area (Å²) in [5.74, 6) is 0.542. The second kappa shape index (κ2) is 7.17. The molecular weight excluding hydrogens is 415 g/mol. The van der Waals surface area contributed by atoms with E-state index in [1.54, 1.807) is 4.57 Å². The maximum Gasteiger partial charge on any atom is 0.417 e. The molecule has 4 rings (SSSR count). The highest BCUT2D eigenvalue weighted by molar-refractivity contribution is 7.99. The van der Waals surface area contributed by atoms with Crippen molar-refractivity contribution in [1.82, 2.24) is 24.1 Å². The molecule has 3 aromatic heterocycles. The normalized spacial score (nSPS) is 12.3. The van der Waals surface area contributed by atoms with E-state index in [9.17, 15) is 18.0 Å². The number of aryl methyl sites for hydroxylation is 1. The number of aromatic amines is 1. The number of fused-ring (bicyclic) bond motifs is 2. The number of thioether (sulfide) groups is 1. The zero-order valence-corrected chi connectivity index (χ0v) is 15.8. The third-order valence-corrected chi connectivity index (χ3v) is 5.50. The number of hydrogen-bond acceptors (Lipinski definition) is 4. The minimum atomic E-state index is -4.51. The Morgan fingerprint density at radius 2 is 2.00 bits per heavy atom. The lowest BCUT2D eigenvalue weighted by atomic mass is 10.3. The average molecular weight is 428 g/mol. The van der Waals surface area contributed by atoms with Crippen LogP contribution < -0.4 is 5.69 Å².